The highest BCUT2D eigenvalue weighted by molar-refractivity contribution is 6.02. The molecule has 3 fully saturated rings. The molecule has 1 saturated carbocycles. The normalized spacial score (nSPS) is 33.0. The SMILES string of the molecule is NC1=[NH+][C@H]2[C@H](CN3C(=O)CCC3=O)NC(N)=[N+]3CC(NC(=O)c4cccc5c4OCC54CCC4)C(O)(O)[C@]23N1. The summed E-state index contributed by atoms with van der Waals surface area (Å²) in [7, 11) is 0. The van der Waals surface area contributed by atoms with Gasteiger partial charge in [-0.25, -0.2) is 9.89 Å². The van der Waals surface area contributed by atoms with Crippen LogP contribution in [0.5, 0.6) is 5.75 Å². The molecule has 1 aliphatic carbocycles. The summed E-state index contributed by atoms with van der Waals surface area (Å²) in [4.78, 5) is 42.3. The number of hydrogen-bond donors (Lipinski definition) is 8. The van der Waals surface area contributed by atoms with Crippen molar-refractivity contribution in [3.63, 3.8) is 0 Å². The monoisotopic (exact) mass is 540 g/mol. The summed E-state index contributed by atoms with van der Waals surface area (Å²) in [5, 5.41) is 32.2. The van der Waals surface area contributed by atoms with Gasteiger partial charge >= 0.3 is 11.9 Å². The number of para-hydroxylation sites is 1. The van der Waals surface area contributed by atoms with Crippen molar-refractivity contribution in [2.75, 3.05) is 19.7 Å². The Labute approximate surface area is 223 Å². The number of carbonyl (C=O) groups excluding carboxylic acids is 3. The summed E-state index contributed by atoms with van der Waals surface area (Å²) in [6.45, 7) is 0.414. The number of carbonyl (C=O) groups is 3. The van der Waals surface area contributed by atoms with Crippen LogP contribution in [0.25, 0.3) is 0 Å². The number of aliphatic hydroxyl groups is 2. The summed E-state index contributed by atoms with van der Waals surface area (Å²) in [6.07, 6.45) is 3.39. The smallest absolute Gasteiger partial charge is 0.347 e. The van der Waals surface area contributed by atoms with E-state index in [1.54, 1.807) is 6.07 Å². The van der Waals surface area contributed by atoms with Crippen molar-refractivity contribution in [2.24, 2.45) is 11.5 Å². The van der Waals surface area contributed by atoms with Crippen LogP contribution in [0.3, 0.4) is 0 Å². The minimum atomic E-state index is -2.58. The number of guanidine groups is 2. The summed E-state index contributed by atoms with van der Waals surface area (Å²) in [5.74, 6) is -3.03. The Hall–Kier alpha value is -3.91. The maximum atomic E-state index is 13.5. The van der Waals surface area contributed by atoms with E-state index in [2.05, 4.69) is 20.9 Å². The van der Waals surface area contributed by atoms with Crippen LogP contribution in [0.4, 0.5) is 0 Å². The van der Waals surface area contributed by atoms with Crippen molar-refractivity contribution >= 4 is 29.6 Å². The summed E-state index contributed by atoms with van der Waals surface area (Å²) in [5.41, 5.74) is 12.1. The van der Waals surface area contributed by atoms with E-state index in [0.29, 0.717) is 17.9 Å². The Morgan fingerprint density at radius 3 is 2.67 bits per heavy atom. The molecule has 206 valence electrons. The first-order valence-electron chi connectivity index (χ1n) is 13.3. The number of rotatable bonds is 4. The fourth-order valence-electron chi connectivity index (χ4n) is 7.25. The number of nitrogens with one attached hydrogen (secondary N) is 4. The van der Waals surface area contributed by atoms with E-state index in [0.717, 1.165) is 29.7 Å². The van der Waals surface area contributed by atoms with Crippen LogP contribution < -0.4 is 37.1 Å². The van der Waals surface area contributed by atoms with E-state index in [1.165, 1.54) is 4.58 Å². The van der Waals surface area contributed by atoms with Gasteiger partial charge < -0.3 is 20.3 Å². The van der Waals surface area contributed by atoms with E-state index in [-0.39, 0.29) is 55.1 Å². The number of imide groups is 1. The van der Waals surface area contributed by atoms with Gasteiger partial charge in [0, 0.05) is 23.8 Å². The van der Waals surface area contributed by atoms with Gasteiger partial charge in [0.2, 0.25) is 11.8 Å². The lowest BCUT2D eigenvalue weighted by atomic mass is 9.66. The van der Waals surface area contributed by atoms with Crippen LogP contribution in [-0.2, 0) is 15.0 Å². The lowest BCUT2D eigenvalue weighted by molar-refractivity contribution is -0.674. The van der Waals surface area contributed by atoms with Crippen molar-refractivity contribution in [2.45, 2.75) is 67.1 Å². The van der Waals surface area contributed by atoms with Crippen LogP contribution in [0.2, 0.25) is 0 Å². The van der Waals surface area contributed by atoms with Gasteiger partial charge in [-0.1, -0.05) is 18.6 Å². The number of amides is 3. The molecule has 1 aromatic rings. The van der Waals surface area contributed by atoms with Gasteiger partial charge in [-0.2, -0.15) is 0 Å². The molecule has 0 bridgehead atoms. The Morgan fingerprint density at radius 1 is 1.23 bits per heavy atom. The van der Waals surface area contributed by atoms with E-state index in [4.69, 9.17) is 16.2 Å². The second kappa shape index (κ2) is 7.82. The molecule has 10 N–H and O–H groups in total. The molecule has 2 saturated heterocycles. The highest BCUT2D eigenvalue weighted by Crippen LogP contribution is 2.52. The zero-order valence-corrected chi connectivity index (χ0v) is 21.2. The lowest BCUT2D eigenvalue weighted by Crippen LogP contribution is -2.92. The molecule has 1 unspecified atom stereocenters. The lowest BCUT2D eigenvalue weighted by Gasteiger charge is -2.41. The summed E-state index contributed by atoms with van der Waals surface area (Å²) < 4.78 is 7.49. The molecule has 1 aromatic carbocycles. The van der Waals surface area contributed by atoms with E-state index >= 15 is 0 Å². The molecule has 14 nitrogen and oxygen atoms in total. The van der Waals surface area contributed by atoms with Crippen molar-refractivity contribution in [1.82, 2.24) is 20.9 Å². The van der Waals surface area contributed by atoms with Gasteiger partial charge in [0.05, 0.1) is 25.3 Å². The molecule has 39 heavy (non-hydrogen) atoms. The molecular weight excluding hydrogens is 508 g/mol. The van der Waals surface area contributed by atoms with Crippen LogP contribution in [0, 0.1) is 0 Å². The predicted molar refractivity (Wildman–Crippen MR) is 133 cm³/mol. The number of fused-ring (bicyclic) bond motifs is 2. The van der Waals surface area contributed by atoms with Gasteiger partial charge in [-0.3, -0.25) is 41.1 Å². The number of hydrogen-bond acceptors (Lipinski definition) is 10. The van der Waals surface area contributed by atoms with Crippen LogP contribution >= 0.6 is 0 Å². The zero-order valence-electron chi connectivity index (χ0n) is 21.2. The van der Waals surface area contributed by atoms with Gasteiger partial charge in [0.25, 0.3) is 17.4 Å². The second-order valence-electron chi connectivity index (χ2n) is 11.4. The average molecular weight is 541 g/mol. The maximum Gasteiger partial charge on any atom is 0.347 e. The first-order chi connectivity index (χ1) is 18.6. The predicted octanol–water partition coefficient (Wildman–Crippen LogP) is -5.19. The first kappa shape index (κ1) is 24.2. The zero-order chi connectivity index (χ0) is 27.3. The number of ether oxygens (including phenoxy) is 1. The topological polar surface area (TPSA) is 209 Å². The van der Waals surface area contributed by atoms with Gasteiger partial charge in [0.1, 0.15) is 17.8 Å². The highest BCUT2D eigenvalue weighted by Gasteiger charge is 2.78. The first-order valence-corrected chi connectivity index (χ1v) is 13.3. The third-order valence-electron chi connectivity index (χ3n) is 9.42. The minimum Gasteiger partial charge on any atom is -0.492 e. The number of nitrogens with zero attached hydrogens (tertiary/aromatic N) is 2. The standard InChI is InChI=1S/C25H30N8O6/c26-21-30-19-14(9-32-16(34)5-6-17(32)35)28-22(27)33-10-15(25(37,38)24(19,33)31-21)29-20(36)12-3-1-4-13-18(12)39-11-23(13)7-2-8-23/h1,3-4,14-15,19,37-38H,2,5-11H2,(H6,26,27,28,29,30,31,36)/p+2/t14-,15?,19-,24-/m0/s1. The second-order valence-corrected chi connectivity index (χ2v) is 11.4. The molecular formula is C25H32N8O6+2. The van der Waals surface area contributed by atoms with Crippen molar-refractivity contribution in [3.05, 3.63) is 29.3 Å². The summed E-state index contributed by atoms with van der Waals surface area (Å²) in [6, 6.07) is 2.72. The molecule has 5 heterocycles. The molecule has 4 atom stereocenters. The Bertz CT molecular complexity index is 1370. The van der Waals surface area contributed by atoms with Crippen LogP contribution in [0.1, 0.15) is 48.0 Å². The average Bonchev–Trinajstić information content (AvgIpc) is 3.58. The Balaban J connectivity index is 1.19. The maximum absolute atomic E-state index is 13.5. The quantitative estimate of drug-likeness (QED) is 0.103. The molecule has 3 amide bonds. The van der Waals surface area contributed by atoms with Crippen molar-refractivity contribution in [3.8, 4) is 5.75 Å². The van der Waals surface area contributed by atoms with Crippen molar-refractivity contribution < 1.29 is 38.9 Å². The number of benzene rings is 1. The third-order valence-corrected chi connectivity index (χ3v) is 9.42. The van der Waals surface area contributed by atoms with Gasteiger partial charge in [-0.15, -0.1) is 0 Å². The van der Waals surface area contributed by atoms with Gasteiger partial charge in [0.15, 0.2) is 6.04 Å². The third kappa shape index (κ3) is 3.06. The number of nitrogens with two attached hydrogens (primary N) is 2. The van der Waals surface area contributed by atoms with Crippen LogP contribution in [0.15, 0.2) is 18.2 Å². The van der Waals surface area contributed by atoms with Gasteiger partial charge in [-0.05, 0) is 18.9 Å². The Morgan fingerprint density at radius 2 is 1.97 bits per heavy atom. The molecule has 0 radical (unpaired) electrons. The summed E-state index contributed by atoms with van der Waals surface area (Å²) >= 11 is 0. The fraction of sp³-hybridized carbons (Fsp3) is 0.560. The van der Waals surface area contributed by atoms with E-state index < -0.39 is 35.5 Å². The molecule has 5 aliphatic heterocycles. The molecule has 2 spiro atoms. The minimum absolute atomic E-state index is 0.0431. The van der Waals surface area contributed by atoms with Crippen LogP contribution in [-0.4, -0.2) is 98.6 Å². The molecule has 6 aliphatic rings. The molecule has 0 aromatic heterocycles. The Kier molecular flexibility index (Phi) is 4.84. The largest absolute Gasteiger partial charge is 0.492 e. The number of likely N-dealkylation sites (tertiary alicyclic amines) is 1. The fourth-order valence-corrected chi connectivity index (χ4v) is 7.25. The molecule has 14 heteroatoms. The highest BCUT2D eigenvalue weighted by atomic mass is 16.5. The van der Waals surface area contributed by atoms with E-state index in [1.807, 2.05) is 12.1 Å². The van der Waals surface area contributed by atoms with Crippen molar-refractivity contribution in [1.29, 1.82) is 0 Å². The van der Waals surface area contributed by atoms with E-state index in [9.17, 15) is 24.6 Å². The molecule has 7 rings (SSSR count).